The molecule has 3 rings (SSSR count). The molecule has 18 heavy (non-hydrogen) atoms. The monoisotopic (exact) mass is 252 g/mol. The third kappa shape index (κ3) is 0.847. The molecule has 4 atom stereocenters. The van der Waals surface area contributed by atoms with Gasteiger partial charge in [-0.1, -0.05) is 20.3 Å². The molecule has 3 fully saturated rings. The Balaban J connectivity index is 2.35. The molecule has 0 amide bonds. The molecule has 0 heterocycles. The highest BCUT2D eigenvalue weighted by Crippen LogP contribution is 2.80. The predicted octanol–water partition coefficient (Wildman–Crippen LogP) is 2.05. The molecule has 0 aliphatic heterocycles. The number of ketones is 1. The topological polar surface area (TPSA) is 57.5 Å². The van der Waals surface area contributed by atoms with E-state index in [4.69, 9.17) is 0 Å². The zero-order chi connectivity index (χ0) is 13.6. The van der Waals surface area contributed by atoms with Crippen LogP contribution in [0.5, 0.6) is 0 Å². The van der Waals surface area contributed by atoms with E-state index in [2.05, 4.69) is 0 Å². The van der Waals surface area contributed by atoms with Gasteiger partial charge in [0.2, 0.25) is 0 Å². The van der Waals surface area contributed by atoms with E-state index in [9.17, 15) is 15.0 Å². The molecule has 2 N–H and O–H groups in total. The SMILES string of the molecule is CC1(C)C(=O)[C@](C)(O)[C@@]23CCC[C@@]12CC[C@]3(C)O. The second kappa shape index (κ2) is 2.85. The molecule has 0 aromatic rings. The first-order valence-corrected chi connectivity index (χ1v) is 7.07. The maximum absolute atomic E-state index is 12.7. The minimum absolute atomic E-state index is 0.0744. The van der Waals surface area contributed by atoms with Gasteiger partial charge in [-0.2, -0.15) is 0 Å². The van der Waals surface area contributed by atoms with Crippen molar-refractivity contribution in [1.82, 2.24) is 0 Å². The molecule has 3 heteroatoms. The molecule has 0 bridgehead atoms. The summed E-state index contributed by atoms with van der Waals surface area (Å²) in [5.74, 6) is -0.0744. The number of aliphatic hydroxyl groups is 2. The third-order valence-corrected chi connectivity index (χ3v) is 6.97. The molecular weight excluding hydrogens is 228 g/mol. The number of rotatable bonds is 0. The molecular formula is C15H24O3. The van der Waals surface area contributed by atoms with Crippen LogP contribution < -0.4 is 0 Å². The van der Waals surface area contributed by atoms with Gasteiger partial charge in [0, 0.05) is 10.8 Å². The maximum atomic E-state index is 12.7. The van der Waals surface area contributed by atoms with Gasteiger partial charge in [0.05, 0.1) is 5.60 Å². The van der Waals surface area contributed by atoms with Crippen molar-refractivity contribution in [2.75, 3.05) is 0 Å². The number of carbonyl (C=O) groups excluding carboxylic acids is 1. The first-order chi connectivity index (χ1) is 8.07. The zero-order valence-electron chi connectivity index (χ0n) is 11.8. The van der Waals surface area contributed by atoms with Crippen LogP contribution in [0.25, 0.3) is 0 Å². The van der Waals surface area contributed by atoms with Crippen LogP contribution in [0.3, 0.4) is 0 Å². The van der Waals surface area contributed by atoms with E-state index in [1.54, 1.807) is 6.92 Å². The molecule has 3 aliphatic rings. The van der Waals surface area contributed by atoms with Gasteiger partial charge in [-0.25, -0.2) is 0 Å². The molecule has 0 aromatic carbocycles. The smallest absolute Gasteiger partial charge is 0.170 e. The van der Waals surface area contributed by atoms with Crippen molar-refractivity contribution in [3.8, 4) is 0 Å². The summed E-state index contributed by atoms with van der Waals surface area (Å²) in [5.41, 5.74) is -3.73. The average Bonchev–Trinajstić information content (AvgIpc) is 2.78. The second-order valence-electron chi connectivity index (χ2n) is 7.64. The van der Waals surface area contributed by atoms with Crippen molar-refractivity contribution in [3.05, 3.63) is 0 Å². The Morgan fingerprint density at radius 3 is 2.11 bits per heavy atom. The van der Waals surface area contributed by atoms with Crippen LogP contribution in [-0.4, -0.2) is 27.2 Å². The minimum atomic E-state index is -1.40. The molecule has 0 aromatic heterocycles. The van der Waals surface area contributed by atoms with Gasteiger partial charge in [-0.3, -0.25) is 4.79 Å². The molecule has 102 valence electrons. The Kier molecular flexibility index (Phi) is 2.00. The number of Topliss-reactive ketones (excluding diaryl/α,β-unsaturated/α-hetero) is 1. The molecule has 0 spiro atoms. The fraction of sp³-hybridized carbons (Fsp3) is 0.933. The van der Waals surface area contributed by atoms with Crippen LogP contribution in [0.1, 0.15) is 59.8 Å². The minimum Gasteiger partial charge on any atom is -0.389 e. The maximum Gasteiger partial charge on any atom is 0.170 e. The van der Waals surface area contributed by atoms with Crippen LogP contribution in [-0.2, 0) is 4.79 Å². The first-order valence-electron chi connectivity index (χ1n) is 7.07. The Bertz CT molecular complexity index is 435. The van der Waals surface area contributed by atoms with Crippen LogP contribution in [0, 0.1) is 16.2 Å². The summed E-state index contributed by atoms with van der Waals surface area (Å²) in [6.07, 6.45) is 4.28. The highest BCUT2D eigenvalue weighted by molar-refractivity contribution is 5.97. The van der Waals surface area contributed by atoms with Gasteiger partial charge < -0.3 is 10.2 Å². The molecule has 0 unspecified atom stereocenters. The summed E-state index contributed by atoms with van der Waals surface area (Å²) in [6, 6.07) is 0. The van der Waals surface area contributed by atoms with Crippen molar-refractivity contribution >= 4 is 5.78 Å². The summed E-state index contributed by atoms with van der Waals surface area (Å²) in [5, 5.41) is 21.8. The molecule has 0 saturated heterocycles. The first kappa shape index (κ1) is 12.6. The van der Waals surface area contributed by atoms with Crippen LogP contribution in [0.2, 0.25) is 0 Å². The second-order valence-corrected chi connectivity index (χ2v) is 7.64. The summed E-state index contributed by atoms with van der Waals surface area (Å²) >= 11 is 0. The molecule has 3 nitrogen and oxygen atoms in total. The molecule has 3 saturated carbocycles. The van der Waals surface area contributed by atoms with Crippen molar-refractivity contribution in [1.29, 1.82) is 0 Å². The summed E-state index contributed by atoms with van der Waals surface area (Å²) < 4.78 is 0. The number of carbonyl (C=O) groups is 1. The Morgan fingerprint density at radius 2 is 1.56 bits per heavy atom. The van der Waals surface area contributed by atoms with E-state index in [0.717, 1.165) is 25.7 Å². The Morgan fingerprint density at radius 1 is 0.944 bits per heavy atom. The number of hydrogen-bond donors (Lipinski definition) is 2. The zero-order valence-corrected chi connectivity index (χ0v) is 11.8. The van der Waals surface area contributed by atoms with Gasteiger partial charge in [-0.05, 0) is 44.9 Å². The van der Waals surface area contributed by atoms with Crippen molar-refractivity contribution in [2.45, 2.75) is 71.0 Å². The van der Waals surface area contributed by atoms with Gasteiger partial charge in [0.15, 0.2) is 5.78 Å². The fourth-order valence-electron chi connectivity index (χ4n) is 6.31. The highest BCUT2D eigenvalue weighted by atomic mass is 16.3. The van der Waals surface area contributed by atoms with Crippen LogP contribution in [0.4, 0.5) is 0 Å². The van der Waals surface area contributed by atoms with E-state index in [0.29, 0.717) is 6.42 Å². The van der Waals surface area contributed by atoms with Crippen LogP contribution >= 0.6 is 0 Å². The summed E-state index contributed by atoms with van der Waals surface area (Å²) in [6.45, 7) is 7.41. The largest absolute Gasteiger partial charge is 0.389 e. The predicted molar refractivity (Wildman–Crippen MR) is 68.0 cm³/mol. The lowest BCUT2D eigenvalue weighted by Gasteiger charge is -2.49. The Hall–Kier alpha value is -0.410. The lowest BCUT2D eigenvalue weighted by atomic mass is 9.56. The van der Waals surface area contributed by atoms with Gasteiger partial charge in [-0.15, -0.1) is 0 Å². The molecule has 0 radical (unpaired) electrons. The summed E-state index contributed by atoms with van der Waals surface area (Å²) in [7, 11) is 0. The van der Waals surface area contributed by atoms with Crippen molar-refractivity contribution in [2.24, 2.45) is 16.2 Å². The van der Waals surface area contributed by atoms with E-state index in [-0.39, 0.29) is 11.2 Å². The van der Waals surface area contributed by atoms with Crippen molar-refractivity contribution in [3.63, 3.8) is 0 Å². The third-order valence-electron chi connectivity index (χ3n) is 6.97. The standard InChI is InChI=1S/C15H24O3/c1-11(2)10(16)13(4,18)15-7-5-6-14(11,15)9-8-12(15,3)17/h17-18H,5-9H2,1-4H3/t12-,13-,14+,15-/m0/s1. The van der Waals surface area contributed by atoms with E-state index >= 15 is 0 Å². The van der Waals surface area contributed by atoms with Crippen LogP contribution in [0.15, 0.2) is 0 Å². The normalized spacial score (nSPS) is 57.8. The number of hydrogen-bond acceptors (Lipinski definition) is 3. The average molecular weight is 252 g/mol. The van der Waals surface area contributed by atoms with E-state index < -0.39 is 22.0 Å². The fourth-order valence-corrected chi connectivity index (χ4v) is 6.31. The van der Waals surface area contributed by atoms with E-state index in [1.807, 2.05) is 20.8 Å². The van der Waals surface area contributed by atoms with Gasteiger partial charge in [0.1, 0.15) is 5.60 Å². The molecule has 3 aliphatic carbocycles. The van der Waals surface area contributed by atoms with Gasteiger partial charge in [0.25, 0.3) is 0 Å². The lowest BCUT2D eigenvalue weighted by Crippen LogP contribution is -2.58. The summed E-state index contributed by atoms with van der Waals surface area (Å²) in [4.78, 5) is 12.7. The van der Waals surface area contributed by atoms with Gasteiger partial charge >= 0.3 is 0 Å². The highest BCUT2D eigenvalue weighted by Gasteiger charge is 2.85. The van der Waals surface area contributed by atoms with Crippen molar-refractivity contribution < 1.29 is 15.0 Å². The Labute approximate surface area is 109 Å². The van der Waals surface area contributed by atoms with E-state index in [1.165, 1.54) is 0 Å². The quantitative estimate of drug-likeness (QED) is 0.693. The lowest BCUT2D eigenvalue weighted by molar-refractivity contribution is -0.177.